The summed E-state index contributed by atoms with van der Waals surface area (Å²) in [7, 11) is 0. The number of carbonyl (C=O) groups excluding carboxylic acids is 1. The zero-order chi connectivity index (χ0) is 12.5. The Kier molecular flexibility index (Phi) is 2.98. The molecule has 1 saturated carbocycles. The van der Waals surface area contributed by atoms with Crippen molar-refractivity contribution >= 4 is 5.91 Å². The van der Waals surface area contributed by atoms with Crippen LogP contribution in [-0.2, 0) is 11.2 Å². The Labute approximate surface area is 108 Å². The minimum Gasteiger partial charge on any atom is -0.492 e. The lowest BCUT2D eigenvalue weighted by molar-refractivity contribution is -0.127. The molecule has 18 heavy (non-hydrogen) atoms. The van der Waals surface area contributed by atoms with E-state index in [1.807, 2.05) is 24.3 Å². The number of rotatable bonds is 3. The molecule has 0 spiro atoms. The van der Waals surface area contributed by atoms with Gasteiger partial charge < -0.3 is 10.1 Å². The molecule has 1 aromatic carbocycles. The third kappa shape index (κ3) is 2.35. The number of ether oxygens (including phenoxy) is 1. The number of carbonyl (C=O) groups is 1. The number of benzene rings is 1. The van der Waals surface area contributed by atoms with Crippen LogP contribution in [0.3, 0.4) is 0 Å². The molecule has 0 bridgehead atoms. The zero-order valence-electron chi connectivity index (χ0n) is 10.7. The molecule has 0 unspecified atom stereocenters. The largest absolute Gasteiger partial charge is 0.492 e. The Bertz CT molecular complexity index is 454. The van der Waals surface area contributed by atoms with Crippen LogP contribution in [-0.4, -0.2) is 18.6 Å². The Morgan fingerprint density at radius 2 is 2.17 bits per heavy atom. The molecule has 0 radical (unpaired) electrons. The van der Waals surface area contributed by atoms with Crippen LogP contribution in [0, 0.1) is 11.8 Å². The summed E-state index contributed by atoms with van der Waals surface area (Å²) < 4.78 is 5.65. The van der Waals surface area contributed by atoms with Crippen molar-refractivity contribution in [3.63, 3.8) is 0 Å². The first-order chi connectivity index (χ1) is 8.74. The molecule has 1 heterocycles. The Hall–Kier alpha value is -1.51. The fourth-order valence-electron chi connectivity index (χ4n) is 2.55. The van der Waals surface area contributed by atoms with E-state index < -0.39 is 0 Å². The molecule has 1 aliphatic carbocycles. The van der Waals surface area contributed by atoms with Gasteiger partial charge in [-0.25, -0.2) is 0 Å². The normalized spacial score (nSPS) is 23.7. The van der Waals surface area contributed by atoms with E-state index in [1.54, 1.807) is 0 Å². The number of para-hydroxylation sites is 1. The van der Waals surface area contributed by atoms with Gasteiger partial charge in [0.2, 0.25) is 5.91 Å². The highest BCUT2D eigenvalue weighted by Gasteiger charge is 2.32. The predicted molar refractivity (Wildman–Crippen MR) is 69.5 cm³/mol. The second kappa shape index (κ2) is 4.63. The van der Waals surface area contributed by atoms with Crippen molar-refractivity contribution in [3.05, 3.63) is 29.8 Å². The Balaban J connectivity index is 1.62. The molecule has 3 rings (SSSR count). The van der Waals surface area contributed by atoms with E-state index in [9.17, 15) is 4.79 Å². The summed E-state index contributed by atoms with van der Waals surface area (Å²) in [5, 5.41) is 3.12. The number of nitrogens with one attached hydrogen (secondary N) is 1. The van der Waals surface area contributed by atoms with Gasteiger partial charge in [0.25, 0.3) is 0 Å². The summed E-state index contributed by atoms with van der Waals surface area (Å²) in [5.41, 5.74) is 1.14. The molecule has 1 amide bonds. The molecule has 0 saturated heterocycles. The van der Waals surface area contributed by atoms with E-state index in [0.717, 1.165) is 17.7 Å². The highest BCUT2D eigenvalue weighted by molar-refractivity contribution is 5.80. The van der Waals surface area contributed by atoms with Gasteiger partial charge >= 0.3 is 0 Å². The summed E-state index contributed by atoms with van der Waals surface area (Å²) >= 11 is 0. The average molecular weight is 245 g/mol. The Morgan fingerprint density at radius 1 is 1.39 bits per heavy atom. The lowest BCUT2D eigenvalue weighted by Crippen LogP contribution is -2.42. The molecule has 3 heteroatoms. The number of hydrogen-bond acceptors (Lipinski definition) is 2. The molecule has 1 fully saturated rings. The first kappa shape index (κ1) is 11.6. The lowest BCUT2D eigenvalue weighted by Gasteiger charge is -2.25. The maximum atomic E-state index is 12.2. The Morgan fingerprint density at radius 3 is 2.94 bits per heavy atom. The molecule has 1 N–H and O–H groups in total. The molecular weight excluding hydrogens is 226 g/mol. The molecule has 2 aliphatic rings. The van der Waals surface area contributed by atoms with E-state index in [4.69, 9.17) is 4.74 Å². The van der Waals surface area contributed by atoms with Crippen molar-refractivity contribution in [1.82, 2.24) is 5.32 Å². The van der Waals surface area contributed by atoms with Crippen LogP contribution >= 0.6 is 0 Å². The molecule has 2 atom stereocenters. The second-order valence-electron chi connectivity index (χ2n) is 5.45. The van der Waals surface area contributed by atoms with Crippen molar-refractivity contribution in [2.75, 3.05) is 6.61 Å². The average Bonchev–Trinajstić information content (AvgIpc) is 3.22. The summed E-state index contributed by atoms with van der Waals surface area (Å²) in [6.07, 6.45) is 3.30. The van der Waals surface area contributed by atoms with Crippen LogP contribution in [0.5, 0.6) is 5.75 Å². The van der Waals surface area contributed by atoms with Gasteiger partial charge in [-0.1, -0.05) is 18.2 Å². The van der Waals surface area contributed by atoms with E-state index in [1.165, 1.54) is 12.8 Å². The van der Waals surface area contributed by atoms with E-state index >= 15 is 0 Å². The molecular formula is C15H19NO2. The first-order valence-corrected chi connectivity index (χ1v) is 6.75. The smallest absolute Gasteiger partial charge is 0.227 e. The van der Waals surface area contributed by atoms with Crippen molar-refractivity contribution in [1.29, 1.82) is 0 Å². The quantitative estimate of drug-likeness (QED) is 0.886. The third-order valence-corrected chi connectivity index (χ3v) is 3.95. The van der Waals surface area contributed by atoms with Crippen LogP contribution in [0.4, 0.5) is 0 Å². The van der Waals surface area contributed by atoms with Crippen molar-refractivity contribution < 1.29 is 9.53 Å². The van der Waals surface area contributed by atoms with Gasteiger partial charge in [-0.05, 0) is 43.7 Å². The topological polar surface area (TPSA) is 38.3 Å². The zero-order valence-corrected chi connectivity index (χ0v) is 10.7. The lowest BCUT2D eigenvalue weighted by atomic mass is 9.95. The predicted octanol–water partition coefficient (Wildman–Crippen LogP) is 2.15. The molecule has 1 aliphatic heterocycles. The summed E-state index contributed by atoms with van der Waals surface area (Å²) in [6.45, 7) is 2.60. The number of amides is 1. The molecule has 96 valence electrons. The first-order valence-electron chi connectivity index (χ1n) is 6.75. The highest BCUT2D eigenvalue weighted by atomic mass is 16.5. The minimum atomic E-state index is -0.0406. The summed E-state index contributed by atoms with van der Waals surface area (Å²) in [4.78, 5) is 12.2. The van der Waals surface area contributed by atoms with Crippen LogP contribution in [0.15, 0.2) is 24.3 Å². The van der Waals surface area contributed by atoms with Crippen LogP contribution in [0.25, 0.3) is 0 Å². The van der Waals surface area contributed by atoms with Gasteiger partial charge in [-0.15, -0.1) is 0 Å². The molecule has 3 nitrogen and oxygen atoms in total. The van der Waals surface area contributed by atoms with Crippen LogP contribution in [0.2, 0.25) is 0 Å². The van der Waals surface area contributed by atoms with Gasteiger partial charge in [-0.3, -0.25) is 4.79 Å². The third-order valence-electron chi connectivity index (χ3n) is 3.95. The second-order valence-corrected chi connectivity index (χ2v) is 5.45. The van der Waals surface area contributed by atoms with Gasteiger partial charge in [0.1, 0.15) is 12.4 Å². The van der Waals surface area contributed by atoms with Crippen LogP contribution < -0.4 is 10.1 Å². The summed E-state index contributed by atoms with van der Waals surface area (Å²) in [6, 6.07) is 8.29. The fraction of sp³-hybridized carbons (Fsp3) is 0.533. The number of fused-ring (bicyclic) bond motifs is 1. The van der Waals surface area contributed by atoms with Gasteiger partial charge in [0, 0.05) is 6.04 Å². The van der Waals surface area contributed by atoms with Crippen molar-refractivity contribution in [2.45, 2.75) is 32.2 Å². The van der Waals surface area contributed by atoms with Crippen LogP contribution in [0.1, 0.15) is 25.3 Å². The highest BCUT2D eigenvalue weighted by Crippen LogP contribution is 2.33. The van der Waals surface area contributed by atoms with Gasteiger partial charge in [0.05, 0.1) is 5.92 Å². The minimum absolute atomic E-state index is 0.0406. The van der Waals surface area contributed by atoms with E-state index in [-0.39, 0.29) is 11.8 Å². The molecule has 0 aromatic heterocycles. The fourth-order valence-corrected chi connectivity index (χ4v) is 2.55. The summed E-state index contributed by atoms with van der Waals surface area (Å²) in [5.74, 6) is 1.73. The van der Waals surface area contributed by atoms with Gasteiger partial charge in [-0.2, -0.15) is 0 Å². The van der Waals surface area contributed by atoms with Gasteiger partial charge in [0.15, 0.2) is 0 Å². The maximum absolute atomic E-state index is 12.2. The SMILES string of the molecule is C[C@H](NC(=O)[C@@H]1COc2ccccc2C1)C1CC1. The monoisotopic (exact) mass is 245 g/mol. The van der Waals surface area contributed by atoms with Crippen molar-refractivity contribution in [3.8, 4) is 5.75 Å². The number of hydrogen-bond donors (Lipinski definition) is 1. The van der Waals surface area contributed by atoms with E-state index in [0.29, 0.717) is 18.6 Å². The molecule has 1 aromatic rings. The van der Waals surface area contributed by atoms with Crippen molar-refractivity contribution in [2.24, 2.45) is 11.8 Å². The maximum Gasteiger partial charge on any atom is 0.227 e. The van der Waals surface area contributed by atoms with E-state index in [2.05, 4.69) is 12.2 Å². The standard InChI is InChI=1S/C15H19NO2/c1-10(11-6-7-11)16-15(17)13-8-12-4-2-3-5-14(12)18-9-13/h2-5,10-11,13H,6-9H2,1H3,(H,16,17)/t10-,13-/m0/s1.